The van der Waals surface area contributed by atoms with Crippen LogP contribution in [0.15, 0.2) is 78.9 Å². The quantitative estimate of drug-likeness (QED) is 0.426. The lowest BCUT2D eigenvalue weighted by Gasteiger charge is -2.32. The van der Waals surface area contributed by atoms with Crippen molar-refractivity contribution in [2.45, 2.75) is 57.7 Å². The molecule has 0 unspecified atom stereocenters. The van der Waals surface area contributed by atoms with Crippen LogP contribution in [-0.2, 0) is 22.6 Å². The molecule has 0 heterocycles. The first-order valence-corrected chi connectivity index (χ1v) is 12.6. The van der Waals surface area contributed by atoms with E-state index in [4.69, 9.17) is 4.74 Å². The van der Waals surface area contributed by atoms with Gasteiger partial charge in [-0.2, -0.15) is 0 Å². The Balaban J connectivity index is 1.61. The van der Waals surface area contributed by atoms with Gasteiger partial charge in [0.1, 0.15) is 6.04 Å². The zero-order chi connectivity index (χ0) is 25.3. The summed E-state index contributed by atoms with van der Waals surface area (Å²) >= 11 is 0. The standard InChI is InChI=1S/C30H33FN2O3/c1-22-15-17-24(18-16-22)20-33(29(34)21-36-28-14-8-7-13-26(28)31)27(19-23-9-3-2-4-10-23)30(35)32-25-11-5-6-12-25/h2-4,7-10,13-18,25,27H,5-6,11-12,19-21H2,1H3,(H,32,35)/t27-/m0/s1. The van der Waals surface area contributed by atoms with Crippen molar-refractivity contribution in [1.82, 2.24) is 10.2 Å². The molecule has 188 valence electrons. The maximum Gasteiger partial charge on any atom is 0.261 e. The second-order valence-electron chi connectivity index (χ2n) is 9.42. The molecule has 36 heavy (non-hydrogen) atoms. The molecule has 0 aliphatic heterocycles. The Morgan fingerprint density at radius 1 is 0.944 bits per heavy atom. The Bertz CT molecular complexity index is 1140. The van der Waals surface area contributed by atoms with Crippen LogP contribution in [0.25, 0.3) is 0 Å². The van der Waals surface area contributed by atoms with Gasteiger partial charge < -0.3 is 15.0 Å². The molecule has 3 aromatic carbocycles. The van der Waals surface area contributed by atoms with Crippen LogP contribution < -0.4 is 10.1 Å². The predicted molar refractivity (Wildman–Crippen MR) is 138 cm³/mol. The van der Waals surface area contributed by atoms with Gasteiger partial charge in [-0.1, -0.05) is 85.1 Å². The van der Waals surface area contributed by atoms with E-state index in [-0.39, 0.29) is 36.8 Å². The first-order chi connectivity index (χ1) is 17.5. The number of aryl methyl sites for hydroxylation is 1. The fourth-order valence-electron chi connectivity index (χ4n) is 4.60. The highest BCUT2D eigenvalue weighted by atomic mass is 19.1. The van der Waals surface area contributed by atoms with Crippen LogP contribution in [0.1, 0.15) is 42.4 Å². The zero-order valence-electron chi connectivity index (χ0n) is 20.7. The summed E-state index contributed by atoms with van der Waals surface area (Å²) in [5.41, 5.74) is 2.98. The fourth-order valence-corrected chi connectivity index (χ4v) is 4.60. The lowest BCUT2D eigenvalue weighted by molar-refractivity contribution is -0.143. The van der Waals surface area contributed by atoms with Gasteiger partial charge in [0.15, 0.2) is 18.2 Å². The van der Waals surface area contributed by atoms with Gasteiger partial charge in [-0.25, -0.2) is 4.39 Å². The third-order valence-electron chi connectivity index (χ3n) is 6.63. The predicted octanol–water partition coefficient (Wildman–Crippen LogP) is 5.21. The number of carbonyl (C=O) groups is 2. The van der Waals surface area contributed by atoms with E-state index in [0.29, 0.717) is 6.42 Å². The minimum absolute atomic E-state index is 0.0103. The van der Waals surface area contributed by atoms with Gasteiger partial charge in [-0.3, -0.25) is 9.59 Å². The molecule has 0 aromatic heterocycles. The number of para-hydroxylation sites is 1. The van der Waals surface area contributed by atoms with Gasteiger partial charge in [0.2, 0.25) is 5.91 Å². The second kappa shape index (κ2) is 12.3. The molecule has 1 aliphatic carbocycles. The smallest absolute Gasteiger partial charge is 0.261 e. The molecule has 2 amide bonds. The molecule has 6 heteroatoms. The minimum atomic E-state index is -0.731. The highest BCUT2D eigenvalue weighted by molar-refractivity contribution is 5.88. The molecule has 1 atom stereocenters. The summed E-state index contributed by atoms with van der Waals surface area (Å²) in [5, 5.41) is 3.18. The van der Waals surface area contributed by atoms with Gasteiger partial charge in [0.05, 0.1) is 0 Å². The fraction of sp³-hybridized carbons (Fsp3) is 0.333. The number of hydrogen-bond acceptors (Lipinski definition) is 3. The molecule has 0 saturated heterocycles. The van der Waals surface area contributed by atoms with E-state index in [0.717, 1.165) is 42.4 Å². The number of carbonyl (C=O) groups excluding carboxylic acids is 2. The van der Waals surface area contributed by atoms with Crippen LogP contribution in [0.5, 0.6) is 5.75 Å². The van der Waals surface area contributed by atoms with Crippen molar-refractivity contribution in [1.29, 1.82) is 0 Å². The molecule has 1 saturated carbocycles. The Kier molecular flexibility index (Phi) is 8.71. The van der Waals surface area contributed by atoms with Crippen LogP contribution in [-0.4, -0.2) is 35.4 Å². The zero-order valence-corrected chi connectivity index (χ0v) is 20.7. The third kappa shape index (κ3) is 6.94. The first kappa shape index (κ1) is 25.4. The van der Waals surface area contributed by atoms with Gasteiger partial charge in [-0.15, -0.1) is 0 Å². The van der Waals surface area contributed by atoms with E-state index in [1.54, 1.807) is 17.0 Å². The molecular weight excluding hydrogens is 455 g/mol. The molecule has 5 nitrogen and oxygen atoms in total. The van der Waals surface area contributed by atoms with Crippen molar-refractivity contribution >= 4 is 11.8 Å². The van der Waals surface area contributed by atoms with E-state index in [1.807, 2.05) is 61.5 Å². The number of halogens is 1. The van der Waals surface area contributed by atoms with Crippen LogP contribution >= 0.6 is 0 Å². The van der Waals surface area contributed by atoms with Crippen molar-refractivity contribution in [2.75, 3.05) is 6.61 Å². The summed E-state index contributed by atoms with van der Waals surface area (Å²) in [7, 11) is 0. The van der Waals surface area contributed by atoms with Gasteiger partial charge in [0.25, 0.3) is 5.91 Å². The van der Waals surface area contributed by atoms with Crippen LogP contribution in [0.3, 0.4) is 0 Å². The molecule has 4 rings (SSSR count). The molecule has 1 N–H and O–H groups in total. The summed E-state index contributed by atoms with van der Waals surface area (Å²) in [6.07, 6.45) is 4.46. The topological polar surface area (TPSA) is 58.6 Å². The Labute approximate surface area is 212 Å². The Hall–Kier alpha value is -3.67. The van der Waals surface area contributed by atoms with Crippen molar-refractivity contribution in [3.63, 3.8) is 0 Å². The maximum atomic E-state index is 14.1. The number of ether oxygens (including phenoxy) is 1. The minimum Gasteiger partial charge on any atom is -0.481 e. The second-order valence-corrected chi connectivity index (χ2v) is 9.42. The van der Waals surface area contributed by atoms with E-state index in [2.05, 4.69) is 5.32 Å². The van der Waals surface area contributed by atoms with Crippen molar-refractivity contribution < 1.29 is 18.7 Å². The lowest BCUT2D eigenvalue weighted by atomic mass is 10.0. The normalized spacial score (nSPS) is 14.3. The van der Waals surface area contributed by atoms with Gasteiger partial charge in [-0.05, 0) is 43.0 Å². The molecular formula is C30H33FN2O3. The summed E-state index contributed by atoms with van der Waals surface area (Å²) < 4.78 is 19.7. The average Bonchev–Trinajstić information content (AvgIpc) is 3.40. The summed E-state index contributed by atoms with van der Waals surface area (Å²) in [6, 6.07) is 23.0. The van der Waals surface area contributed by atoms with E-state index in [9.17, 15) is 14.0 Å². The molecule has 0 radical (unpaired) electrons. The molecule has 0 spiro atoms. The van der Waals surface area contributed by atoms with Crippen LogP contribution in [0.2, 0.25) is 0 Å². The molecule has 0 bridgehead atoms. The maximum absolute atomic E-state index is 14.1. The number of amides is 2. The highest BCUT2D eigenvalue weighted by Gasteiger charge is 2.32. The summed E-state index contributed by atoms with van der Waals surface area (Å²) in [5.74, 6) is -1.07. The van der Waals surface area contributed by atoms with Crippen LogP contribution in [0, 0.1) is 12.7 Å². The summed E-state index contributed by atoms with van der Waals surface area (Å²) in [6.45, 7) is 1.88. The van der Waals surface area contributed by atoms with E-state index >= 15 is 0 Å². The van der Waals surface area contributed by atoms with Crippen LogP contribution in [0.4, 0.5) is 4.39 Å². The third-order valence-corrected chi connectivity index (χ3v) is 6.63. The lowest BCUT2D eigenvalue weighted by Crippen LogP contribution is -2.53. The Morgan fingerprint density at radius 2 is 1.61 bits per heavy atom. The number of benzene rings is 3. The average molecular weight is 489 g/mol. The number of rotatable bonds is 10. The Morgan fingerprint density at radius 3 is 2.31 bits per heavy atom. The SMILES string of the molecule is Cc1ccc(CN(C(=O)COc2ccccc2F)[C@@H](Cc2ccccc2)C(=O)NC2CCCC2)cc1. The molecule has 3 aromatic rings. The summed E-state index contributed by atoms with van der Waals surface area (Å²) in [4.78, 5) is 28.8. The van der Waals surface area contributed by atoms with Crippen molar-refractivity contribution in [2.24, 2.45) is 0 Å². The van der Waals surface area contributed by atoms with E-state index < -0.39 is 11.9 Å². The van der Waals surface area contributed by atoms with E-state index in [1.165, 1.54) is 12.1 Å². The van der Waals surface area contributed by atoms with Gasteiger partial charge in [0, 0.05) is 19.0 Å². The van der Waals surface area contributed by atoms with Crippen molar-refractivity contribution in [3.8, 4) is 5.75 Å². The number of nitrogens with zero attached hydrogens (tertiary/aromatic N) is 1. The van der Waals surface area contributed by atoms with Gasteiger partial charge >= 0.3 is 0 Å². The first-order valence-electron chi connectivity index (χ1n) is 12.6. The monoisotopic (exact) mass is 488 g/mol. The molecule has 1 aliphatic rings. The van der Waals surface area contributed by atoms with Crippen molar-refractivity contribution in [3.05, 3.63) is 101 Å². The largest absolute Gasteiger partial charge is 0.481 e. The highest BCUT2D eigenvalue weighted by Crippen LogP contribution is 2.21. The molecule has 1 fully saturated rings. The number of hydrogen-bond donors (Lipinski definition) is 1. The number of nitrogens with one attached hydrogen (secondary N) is 1.